The smallest absolute Gasteiger partial charge is 0.235 e. The van der Waals surface area contributed by atoms with Gasteiger partial charge in [-0.3, -0.25) is 10.1 Å². The molecule has 0 amide bonds. The number of aryl methyl sites for hydroxylation is 1. The van der Waals surface area contributed by atoms with Gasteiger partial charge in [0.2, 0.25) is 6.20 Å². The number of benzene rings is 1. The highest BCUT2D eigenvalue weighted by Gasteiger charge is 2.00. The van der Waals surface area contributed by atoms with Crippen molar-refractivity contribution < 1.29 is 10.0 Å². The molecular formula is C9H9NO3. The lowest BCUT2D eigenvalue weighted by atomic mass is 10.1. The summed E-state index contributed by atoms with van der Waals surface area (Å²) in [6.45, 7) is 1.73. The molecule has 0 aliphatic heterocycles. The number of para-hydroxylation sites is 1. The van der Waals surface area contributed by atoms with Crippen LogP contribution >= 0.6 is 0 Å². The maximum Gasteiger partial charge on any atom is 0.235 e. The maximum absolute atomic E-state index is 10.0. The molecule has 0 saturated heterocycles. The predicted octanol–water partition coefficient (Wildman–Crippen LogP) is 1.95. The lowest BCUT2D eigenvalue weighted by Crippen LogP contribution is -1.84. The van der Waals surface area contributed by atoms with Gasteiger partial charge in [-0.1, -0.05) is 18.2 Å². The van der Waals surface area contributed by atoms with Gasteiger partial charge in [-0.15, -0.1) is 0 Å². The van der Waals surface area contributed by atoms with Crippen LogP contribution in [0.15, 0.2) is 24.4 Å². The zero-order valence-electron chi connectivity index (χ0n) is 7.10. The summed E-state index contributed by atoms with van der Waals surface area (Å²) < 4.78 is 0. The fourth-order valence-corrected chi connectivity index (χ4v) is 0.957. The summed E-state index contributed by atoms with van der Waals surface area (Å²) in [6.07, 6.45) is 2.07. The molecule has 0 heterocycles. The van der Waals surface area contributed by atoms with E-state index in [1.54, 1.807) is 25.1 Å². The van der Waals surface area contributed by atoms with Crippen molar-refractivity contribution in [3.8, 4) is 5.75 Å². The number of aromatic hydroxyl groups is 1. The van der Waals surface area contributed by atoms with Crippen LogP contribution < -0.4 is 0 Å². The van der Waals surface area contributed by atoms with Crippen molar-refractivity contribution in [1.29, 1.82) is 0 Å². The van der Waals surface area contributed by atoms with Gasteiger partial charge >= 0.3 is 0 Å². The minimum Gasteiger partial charge on any atom is -0.507 e. The molecule has 0 aromatic heterocycles. The molecule has 1 aromatic rings. The summed E-state index contributed by atoms with van der Waals surface area (Å²) in [5, 5.41) is 19.4. The number of nitrogens with zero attached hydrogens (tertiary/aromatic N) is 1. The van der Waals surface area contributed by atoms with E-state index in [9.17, 15) is 15.2 Å². The Morgan fingerprint density at radius 1 is 1.54 bits per heavy atom. The fourth-order valence-electron chi connectivity index (χ4n) is 0.957. The Morgan fingerprint density at radius 2 is 2.23 bits per heavy atom. The van der Waals surface area contributed by atoms with Gasteiger partial charge < -0.3 is 5.11 Å². The number of phenolic OH excluding ortho intramolecular Hbond substituents is 1. The summed E-state index contributed by atoms with van der Waals surface area (Å²) in [4.78, 5) is 9.44. The largest absolute Gasteiger partial charge is 0.507 e. The van der Waals surface area contributed by atoms with Crippen LogP contribution in [0.5, 0.6) is 5.75 Å². The standard InChI is InChI=1S/C9H9NO3/c1-7-3-2-4-8(9(7)11)5-6-10(12)13/h2-6,11H,1H3/b6-5-. The van der Waals surface area contributed by atoms with Crippen molar-refractivity contribution >= 4 is 6.08 Å². The molecular weight excluding hydrogens is 170 g/mol. The Bertz CT molecular complexity index is 358. The second kappa shape index (κ2) is 3.71. The molecule has 1 N–H and O–H groups in total. The third-order valence-electron chi connectivity index (χ3n) is 1.64. The SMILES string of the molecule is Cc1cccc(/C=C\[N+](=O)[O-])c1O. The summed E-state index contributed by atoms with van der Waals surface area (Å²) in [5.41, 5.74) is 1.15. The Morgan fingerprint density at radius 3 is 2.85 bits per heavy atom. The van der Waals surface area contributed by atoms with Gasteiger partial charge in [0.15, 0.2) is 0 Å². The van der Waals surface area contributed by atoms with E-state index >= 15 is 0 Å². The van der Waals surface area contributed by atoms with E-state index in [0.29, 0.717) is 11.1 Å². The second-order valence-corrected chi connectivity index (χ2v) is 2.61. The molecule has 1 rings (SSSR count). The molecule has 1 aromatic carbocycles. The molecule has 0 saturated carbocycles. The Kier molecular flexibility index (Phi) is 2.64. The van der Waals surface area contributed by atoms with Crippen molar-refractivity contribution in [2.45, 2.75) is 6.92 Å². The minimum absolute atomic E-state index is 0.0839. The van der Waals surface area contributed by atoms with Crippen LogP contribution in [0.4, 0.5) is 0 Å². The zero-order valence-corrected chi connectivity index (χ0v) is 7.10. The molecule has 0 fully saturated rings. The predicted molar refractivity (Wildman–Crippen MR) is 48.9 cm³/mol. The topological polar surface area (TPSA) is 63.4 Å². The first-order valence-corrected chi connectivity index (χ1v) is 3.71. The van der Waals surface area contributed by atoms with Crippen molar-refractivity contribution in [2.75, 3.05) is 0 Å². The quantitative estimate of drug-likeness (QED) is 0.557. The summed E-state index contributed by atoms with van der Waals surface area (Å²) in [6, 6.07) is 5.08. The van der Waals surface area contributed by atoms with E-state index in [-0.39, 0.29) is 5.75 Å². The number of rotatable bonds is 2. The molecule has 4 heteroatoms. The normalized spacial score (nSPS) is 10.5. The van der Waals surface area contributed by atoms with E-state index in [1.165, 1.54) is 6.08 Å². The van der Waals surface area contributed by atoms with Crippen LogP contribution in [0.25, 0.3) is 6.08 Å². The monoisotopic (exact) mass is 179 g/mol. The average molecular weight is 179 g/mol. The zero-order chi connectivity index (χ0) is 9.84. The van der Waals surface area contributed by atoms with E-state index < -0.39 is 4.92 Å². The van der Waals surface area contributed by atoms with E-state index in [2.05, 4.69) is 0 Å². The van der Waals surface area contributed by atoms with E-state index in [4.69, 9.17) is 0 Å². The van der Waals surface area contributed by atoms with Crippen LogP contribution in [0.1, 0.15) is 11.1 Å². The van der Waals surface area contributed by atoms with Gasteiger partial charge in [0.05, 0.1) is 4.92 Å². The molecule has 0 radical (unpaired) electrons. The molecule has 0 aliphatic carbocycles. The van der Waals surface area contributed by atoms with Crippen LogP contribution in [0.2, 0.25) is 0 Å². The molecule has 13 heavy (non-hydrogen) atoms. The lowest BCUT2D eigenvalue weighted by molar-refractivity contribution is -0.400. The fraction of sp³-hybridized carbons (Fsp3) is 0.111. The lowest BCUT2D eigenvalue weighted by Gasteiger charge is -2.00. The van der Waals surface area contributed by atoms with Gasteiger partial charge in [0.25, 0.3) is 0 Å². The Balaban J connectivity index is 3.02. The number of nitro groups is 1. The average Bonchev–Trinajstić information content (AvgIpc) is 2.07. The highest BCUT2D eigenvalue weighted by molar-refractivity contribution is 5.58. The molecule has 0 bridgehead atoms. The van der Waals surface area contributed by atoms with Crippen LogP contribution in [-0.2, 0) is 0 Å². The number of phenols is 1. The maximum atomic E-state index is 10.0. The highest BCUT2D eigenvalue weighted by atomic mass is 16.6. The summed E-state index contributed by atoms with van der Waals surface area (Å²) in [5.74, 6) is 0.0839. The van der Waals surface area contributed by atoms with E-state index in [1.807, 2.05) is 0 Å². The van der Waals surface area contributed by atoms with Gasteiger partial charge in [0.1, 0.15) is 5.75 Å². The van der Waals surface area contributed by atoms with Gasteiger partial charge in [-0.05, 0) is 12.5 Å². The first-order chi connectivity index (χ1) is 6.11. The molecule has 0 spiro atoms. The van der Waals surface area contributed by atoms with Crippen molar-refractivity contribution in [1.82, 2.24) is 0 Å². The first-order valence-electron chi connectivity index (χ1n) is 3.71. The Hall–Kier alpha value is -1.84. The minimum atomic E-state index is -0.568. The van der Waals surface area contributed by atoms with Crippen LogP contribution in [0, 0.1) is 17.0 Å². The molecule has 68 valence electrons. The van der Waals surface area contributed by atoms with Gasteiger partial charge in [0, 0.05) is 11.6 Å². The molecule has 4 nitrogen and oxygen atoms in total. The van der Waals surface area contributed by atoms with Gasteiger partial charge in [-0.25, -0.2) is 0 Å². The molecule has 0 aliphatic rings. The third kappa shape index (κ3) is 2.30. The number of hydrogen-bond acceptors (Lipinski definition) is 3. The highest BCUT2D eigenvalue weighted by Crippen LogP contribution is 2.22. The molecule has 0 unspecified atom stereocenters. The second-order valence-electron chi connectivity index (χ2n) is 2.61. The molecule has 0 atom stereocenters. The van der Waals surface area contributed by atoms with E-state index in [0.717, 1.165) is 6.20 Å². The third-order valence-corrected chi connectivity index (χ3v) is 1.64. The van der Waals surface area contributed by atoms with Crippen LogP contribution in [-0.4, -0.2) is 10.0 Å². The summed E-state index contributed by atoms with van der Waals surface area (Å²) >= 11 is 0. The summed E-state index contributed by atoms with van der Waals surface area (Å²) in [7, 11) is 0. The van der Waals surface area contributed by atoms with Crippen molar-refractivity contribution in [3.63, 3.8) is 0 Å². The van der Waals surface area contributed by atoms with Crippen molar-refractivity contribution in [3.05, 3.63) is 45.6 Å². The van der Waals surface area contributed by atoms with Gasteiger partial charge in [-0.2, -0.15) is 0 Å². The van der Waals surface area contributed by atoms with Crippen molar-refractivity contribution in [2.24, 2.45) is 0 Å². The number of hydrogen-bond donors (Lipinski definition) is 1. The van der Waals surface area contributed by atoms with Crippen LogP contribution in [0.3, 0.4) is 0 Å². The first kappa shape index (κ1) is 9.25. The Labute approximate surface area is 75.3 Å².